The lowest BCUT2D eigenvalue weighted by Crippen LogP contribution is -2.31. The van der Waals surface area contributed by atoms with Crippen molar-refractivity contribution in [2.45, 2.75) is 13.0 Å². The SMILES string of the molecule is COc1cccc(C=CC(=O)N(C)CC(C)O)c1. The molecule has 1 aromatic rings. The summed E-state index contributed by atoms with van der Waals surface area (Å²) in [6, 6.07) is 7.45. The highest BCUT2D eigenvalue weighted by Crippen LogP contribution is 2.13. The van der Waals surface area contributed by atoms with E-state index in [2.05, 4.69) is 0 Å². The van der Waals surface area contributed by atoms with Gasteiger partial charge in [-0.05, 0) is 30.7 Å². The van der Waals surface area contributed by atoms with Gasteiger partial charge in [0.2, 0.25) is 5.91 Å². The van der Waals surface area contributed by atoms with Crippen molar-refractivity contribution in [2.75, 3.05) is 20.7 Å². The van der Waals surface area contributed by atoms with Crippen LogP contribution in [-0.2, 0) is 4.79 Å². The number of methoxy groups -OCH3 is 1. The van der Waals surface area contributed by atoms with Crippen LogP contribution in [0.15, 0.2) is 30.3 Å². The van der Waals surface area contributed by atoms with Gasteiger partial charge >= 0.3 is 0 Å². The van der Waals surface area contributed by atoms with Gasteiger partial charge in [0, 0.05) is 19.7 Å². The van der Waals surface area contributed by atoms with Gasteiger partial charge in [-0.2, -0.15) is 0 Å². The molecule has 1 amide bonds. The molecule has 0 saturated heterocycles. The minimum atomic E-state index is -0.524. The summed E-state index contributed by atoms with van der Waals surface area (Å²) in [4.78, 5) is 13.2. The quantitative estimate of drug-likeness (QED) is 0.805. The Bertz CT molecular complexity index is 427. The maximum Gasteiger partial charge on any atom is 0.246 e. The van der Waals surface area contributed by atoms with E-state index in [0.29, 0.717) is 6.54 Å². The molecule has 0 spiro atoms. The highest BCUT2D eigenvalue weighted by atomic mass is 16.5. The minimum Gasteiger partial charge on any atom is -0.497 e. The Labute approximate surface area is 107 Å². The summed E-state index contributed by atoms with van der Waals surface area (Å²) in [5.41, 5.74) is 0.896. The second-order valence-corrected chi connectivity index (χ2v) is 4.18. The Kier molecular flexibility index (Phi) is 5.39. The third-order valence-electron chi connectivity index (χ3n) is 2.43. The molecule has 1 rings (SSSR count). The number of carbonyl (C=O) groups is 1. The topological polar surface area (TPSA) is 49.8 Å². The lowest BCUT2D eigenvalue weighted by molar-refractivity contribution is -0.125. The number of aliphatic hydroxyl groups excluding tert-OH is 1. The number of amides is 1. The second-order valence-electron chi connectivity index (χ2n) is 4.18. The first kappa shape index (κ1) is 14.3. The van der Waals surface area contributed by atoms with Crippen LogP contribution in [0.3, 0.4) is 0 Å². The Balaban J connectivity index is 2.65. The number of rotatable bonds is 5. The largest absolute Gasteiger partial charge is 0.497 e. The highest BCUT2D eigenvalue weighted by Gasteiger charge is 2.07. The summed E-state index contributed by atoms with van der Waals surface area (Å²) in [6.45, 7) is 1.97. The van der Waals surface area contributed by atoms with Crippen LogP contribution in [0.25, 0.3) is 6.08 Å². The van der Waals surface area contributed by atoms with Crippen molar-refractivity contribution >= 4 is 12.0 Å². The number of carbonyl (C=O) groups excluding carboxylic acids is 1. The van der Waals surface area contributed by atoms with Crippen LogP contribution in [0.1, 0.15) is 12.5 Å². The molecule has 18 heavy (non-hydrogen) atoms. The number of aliphatic hydroxyl groups is 1. The molecule has 4 nitrogen and oxygen atoms in total. The van der Waals surface area contributed by atoms with E-state index in [-0.39, 0.29) is 5.91 Å². The fraction of sp³-hybridized carbons (Fsp3) is 0.357. The number of benzene rings is 1. The van der Waals surface area contributed by atoms with Gasteiger partial charge in [-0.1, -0.05) is 12.1 Å². The molecule has 4 heteroatoms. The smallest absolute Gasteiger partial charge is 0.246 e. The van der Waals surface area contributed by atoms with Crippen LogP contribution in [0.2, 0.25) is 0 Å². The third kappa shape index (κ3) is 4.59. The molecule has 1 N–H and O–H groups in total. The fourth-order valence-electron chi connectivity index (χ4n) is 1.53. The highest BCUT2D eigenvalue weighted by molar-refractivity contribution is 5.91. The molecule has 1 atom stereocenters. The molecule has 98 valence electrons. The van der Waals surface area contributed by atoms with Gasteiger partial charge in [-0.15, -0.1) is 0 Å². The summed E-state index contributed by atoms with van der Waals surface area (Å²) in [5.74, 6) is 0.612. The molecule has 0 aromatic heterocycles. The van der Waals surface area contributed by atoms with E-state index < -0.39 is 6.10 Å². The standard InChI is InChI=1S/C14H19NO3/c1-11(16)10-15(2)14(17)8-7-12-5-4-6-13(9-12)18-3/h4-9,11,16H,10H2,1-3H3. The monoisotopic (exact) mass is 249 g/mol. The summed E-state index contributed by atoms with van der Waals surface area (Å²) in [6.07, 6.45) is 2.68. The summed E-state index contributed by atoms with van der Waals surface area (Å²) < 4.78 is 5.10. The maximum atomic E-state index is 11.7. The molecular formula is C14H19NO3. The van der Waals surface area contributed by atoms with Crippen LogP contribution in [0.5, 0.6) is 5.75 Å². The average molecular weight is 249 g/mol. The van der Waals surface area contributed by atoms with Crippen molar-refractivity contribution in [3.05, 3.63) is 35.9 Å². The van der Waals surface area contributed by atoms with Crippen molar-refractivity contribution in [3.63, 3.8) is 0 Å². The predicted octanol–water partition coefficient (Wildman–Crippen LogP) is 1.55. The van der Waals surface area contributed by atoms with Gasteiger partial charge < -0.3 is 14.7 Å². The lowest BCUT2D eigenvalue weighted by Gasteiger charge is -2.16. The van der Waals surface area contributed by atoms with Crippen molar-refractivity contribution in [1.29, 1.82) is 0 Å². The molecule has 0 fully saturated rings. The molecule has 1 unspecified atom stereocenters. The van der Waals surface area contributed by atoms with Gasteiger partial charge in [-0.3, -0.25) is 4.79 Å². The molecule has 0 aliphatic heterocycles. The van der Waals surface area contributed by atoms with E-state index in [1.807, 2.05) is 24.3 Å². The molecule has 0 aliphatic rings. The van der Waals surface area contributed by atoms with Gasteiger partial charge in [0.25, 0.3) is 0 Å². The number of nitrogens with zero attached hydrogens (tertiary/aromatic N) is 1. The molecule has 0 saturated carbocycles. The first-order chi connectivity index (χ1) is 8.52. The minimum absolute atomic E-state index is 0.140. The van der Waals surface area contributed by atoms with E-state index >= 15 is 0 Å². The van der Waals surface area contributed by atoms with Crippen LogP contribution >= 0.6 is 0 Å². The Morgan fingerprint density at radius 2 is 2.28 bits per heavy atom. The zero-order chi connectivity index (χ0) is 13.5. The van der Waals surface area contributed by atoms with Crippen molar-refractivity contribution < 1.29 is 14.6 Å². The number of hydrogen-bond donors (Lipinski definition) is 1. The summed E-state index contributed by atoms with van der Waals surface area (Å²) >= 11 is 0. The molecule has 1 aromatic carbocycles. The van der Waals surface area contributed by atoms with Crippen LogP contribution < -0.4 is 4.74 Å². The van der Waals surface area contributed by atoms with Gasteiger partial charge in [0.05, 0.1) is 13.2 Å². The van der Waals surface area contributed by atoms with E-state index in [1.165, 1.54) is 11.0 Å². The number of hydrogen-bond acceptors (Lipinski definition) is 3. The zero-order valence-electron chi connectivity index (χ0n) is 11.0. The number of ether oxygens (including phenoxy) is 1. The van der Waals surface area contributed by atoms with Gasteiger partial charge in [0.1, 0.15) is 5.75 Å². The van der Waals surface area contributed by atoms with Crippen LogP contribution in [0.4, 0.5) is 0 Å². The second kappa shape index (κ2) is 6.81. The first-order valence-corrected chi connectivity index (χ1v) is 5.78. The molecular weight excluding hydrogens is 230 g/mol. The fourth-order valence-corrected chi connectivity index (χ4v) is 1.53. The Morgan fingerprint density at radius 3 is 2.89 bits per heavy atom. The molecule has 0 radical (unpaired) electrons. The maximum absolute atomic E-state index is 11.7. The zero-order valence-corrected chi connectivity index (χ0v) is 11.0. The van der Waals surface area contributed by atoms with Gasteiger partial charge in [0.15, 0.2) is 0 Å². The Morgan fingerprint density at radius 1 is 1.56 bits per heavy atom. The van der Waals surface area contributed by atoms with Crippen LogP contribution in [-0.4, -0.2) is 42.7 Å². The Hall–Kier alpha value is -1.81. The molecule has 0 aliphatic carbocycles. The molecule has 0 bridgehead atoms. The normalized spacial score (nSPS) is 12.4. The van der Waals surface area contributed by atoms with Crippen molar-refractivity contribution in [1.82, 2.24) is 4.90 Å². The summed E-state index contributed by atoms with van der Waals surface area (Å²) in [7, 11) is 3.26. The van der Waals surface area contributed by atoms with Gasteiger partial charge in [-0.25, -0.2) is 0 Å². The van der Waals surface area contributed by atoms with E-state index in [9.17, 15) is 9.90 Å². The van der Waals surface area contributed by atoms with E-state index in [1.54, 1.807) is 27.2 Å². The lowest BCUT2D eigenvalue weighted by atomic mass is 10.2. The predicted molar refractivity (Wildman–Crippen MR) is 71.3 cm³/mol. The molecule has 0 heterocycles. The van der Waals surface area contributed by atoms with E-state index in [0.717, 1.165) is 11.3 Å². The third-order valence-corrected chi connectivity index (χ3v) is 2.43. The van der Waals surface area contributed by atoms with Crippen LogP contribution in [0, 0.1) is 0 Å². The van der Waals surface area contributed by atoms with Crippen molar-refractivity contribution in [3.8, 4) is 5.75 Å². The van der Waals surface area contributed by atoms with Crippen molar-refractivity contribution in [2.24, 2.45) is 0 Å². The first-order valence-electron chi connectivity index (χ1n) is 5.78. The number of likely N-dealkylation sites (N-methyl/N-ethyl adjacent to an activating group) is 1. The average Bonchev–Trinajstić information content (AvgIpc) is 2.35. The van der Waals surface area contributed by atoms with E-state index in [4.69, 9.17) is 4.74 Å². The summed E-state index contributed by atoms with van der Waals surface area (Å²) in [5, 5.41) is 9.19.